The molecule has 0 spiro atoms. The highest BCUT2D eigenvalue weighted by molar-refractivity contribution is 5.95. The molecule has 0 radical (unpaired) electrons. The van der Waals surface area contributed by atoms with E-state index in [-0.39, 0.29) is 19.1 Å². The Kier molecular flexibility index (Phi) is 8.29. The summed E-state index contributed by atoms with van der Waals surface area (Å²) in [7, 11) is 4.09. The molecule has 0 bridgehead atoms. The average molecular weight is 468 g/mol. The number of hydrogen-bond acceptors (Lipinski definition) is 8. The molecule has 0 N–H and O–H groups in total. The third-order valence-corrected chi connectivity index (χ3v) is 5.16. The van der Waals surface area contributed by atoms with Crippen LogP contribution < -0.4 is 14.2 Å². The second-order valence-corrected chi connectivity index (χ2v) is 7.90. The first-order valence-electron chi connectivity index (χ1n) is 10.9. The predicted molar refractivity (Wildman–Crippen MR) is 126 cm³/mol. The number of fused-ring (bicyclic) bond motifs is 1. The van der Waals surface area contributed by atoms with Gasteiger partial charge in [-0.25, -0.2) is 0 Å². The lowest BCUT2D eigenvalue weighted by Gasteiger charge is -2.18. The smallest absolute Gasteiger partial charge is 0.320 e. The van der Waals surface area contributed by atoms with E-state index in [9.17, 15) is 9.59 Å². The first-order valence-corrected chi connectivity index (χ1v) is 10.9. The number of benzene rings is 2. The van der Waals surface area contributed by atoms with Gasteiger partial charge in [-0.1, -0.05) is 12.1 Å². The number of esters is 2. The molecule has 0 amide bonds. The van der Waals surface area contributed by atoms with E-state index in [1.165, 1.54) is 14.2 Å². The molecule has 0 atom stereocenters. The molecule has 34 heavy (non-hydrogen) atoms. The molecule has 0 saturated carbocycles. The van der Waals surface area contributed by atoms with Crippen molar-refractivity contribution in [3.8, 4) is 17.2 Å². The summed E-state index contributed by atoms with van der Waals surface area (Å²) >= 11 is 0. The molecule has 0 unspecified atom stereocenters. The molecule has 0 aliphatic rings. The summed E-state index contributed by atoms with van der Waals surface area (Å²) in [5.41, 5.74) is 2.30. The zero-order chi connectivity index (χ0) is 24.7. The fourth-order valence-corrected chi connectivity index (χ4v) is 3.50. The van der Waals surface area contributed by atoms with Gasteiger partial charge in [-0.15, -0.1) is 0 Å². The van der Waals surface area contributed by atoms with Gasteiger partial charge in [0.15, 0.2) is 5.92 Å². The van der Waals surface area contributed by atoms with Gasteiger partial charge >= 0.3 is 11.9 Å². The van der Waals surface area contributed by atoms with Crippen LogP contribution in [0.3, 0.4) is 0 Å². The van der Waals surface area contributed by atoms with Gasteiger partial charge < -0.3 is 23.7 Å². The van der Waals surface area contributed by atoms with Crippen LogP contribution in [0, 0.1) is 5.92 Å². The van der Waals surface area contributed by atoms with Crippen molar-refractivity contribution in [2.45, 2.75) is 33.0 Å². The number of carbonyl (C=O) groups is 2. The van der Waals surface area contributed by atoms with Crippen LogP contribution in [0.2, 0.25) is 0 Å². The van der Waals surface area contributed by atoms with Crippen molar-refractivity contribution in [3.05, 3.63) is 59.8 Å². The molecule has 0 saturated heterocycles. The summed E-state index contributed by atoms with van der Waals surface area (Å²) in [6.07, 6.45) is 1.82. The lowest BCUT2D eigenvalue weighted by atomic mass is 9.99. The molecule has 2 aromatic carbocycles. The van der Waals surface area contributed by atoms with Gasteiger partial charge in [0.05, 0.1) is 38.5 Å². The Morgan fingerprint density at radius 3 is 2.32 bits per heavy atom. The van der Waals surface area contributed by atoms with Gasteiger partial charge in [0.1, 0.15) is 23.9 Å². The van der Waals surface area contributed by atoms with Gasteiger partial charge in [0, 0.05) is 11.6 Å². The minimum absolute atomic E-state index is 0.0487. The summed E-state index contributed by atoms with van der Waals surface area (Å²) < 4.78 is 27.0. The summed E-state index contributed by atoms with van der Waals surface area (Å²) in [5, 5.41) is 0.835. The van der Waals surface area contributed by atoms with E-state index < -0.39 is 17.9 Å². The van der Waals surface area contributed by atoms with Crippen LogP contribution >= 0.6 is 0 Å². The molecule has 0 aliphatic heterocycles. The molecular formula is C26H29NO7. The van der Waals surface area contributed by atoms with E-state index in [2.05, 4.69) is 4.98 Å². The van der Waals surface area contributed by atoms with Gasteiger partial charge in [-0.2, -0.15) is 0 Å². The van der Waals surface area contributed by atoms with Crippen LogP contribution in [-0.2, 0) is 32.1 Å². The summed E-state index contributed by atoms with van der Waals surface area (Å²) in [5.74, 6) is -0.369. The van der Waals surface area contributed by atoms with Crippen molar-refractivity contribution in [3.63, 3.8) is 0 Å². The highest BCUT2D eigenvalue weighted by atomic mass is 16.5. The number of aromatic nitrogens is 1. The van der Waals surface area contributed by atoms with Crippen LogP contribution in [0.25, 0.3) is 10.9 Å². The number of rotatable bonds is 10. The van der Waals surface area contributed by atoms with Crippen LogP contribution in [0.5, 0.6) is 17.2 Å². The van der Waals surface area contributed by atoms with Crippen molar-refractivity contribution in [1.82, 2.24) is 4.98 Å². The Morgan fingerprint density at radius 2 is 1.68 bits per heavy atom. The molecule has 8 heteroatoms. The monoisotopic (exact) mass is 467 g/mol. The summed E-state index contributed by atoms with van der Waals surface area (Å²) in [6.45, 7) is 4.13. The maximum atomic E-state index is 12.0. The minimum Gasteiger partial charge on any atom is -0.497 e. The van der Waals surface area contributed by atoms with Gasteiger partial charge in [-0.05, 0) is 56.2 Å². The van der Waals surface area contributed by atoms with Crippen LogP contribution in [0.15, 0.2) is 48.7 Å². The van der Waals surface area contributed by atoms with E-state index in [1.807, 2.05) is 38.1 Å². The van der Waals surface area contributed by atoms with E-state index in [0.717, 1.165) is 22.0 Å². The van der Waals surface area contributed by atoms with E-state index >= 15 is 0 Å². The van der Waals surface area contributed by atoms with E-state index in [0.29, 0.717) is 17.2 Å². The predicted octanol–water partition coefficient (Wildman–Crippen LogP) is 4.11. The highest BCUT2D eigenvalue weighted by Gasteiger charge is 2.29. The van der Waals surface area contributed by atoms with Crippen molar-refractivity contribution in [2.75, 3.05) is 21.3 Å². The number of ether oxygens (including phenoxy) is 5. The quantitative estimate of drug-likeness (QED) is 0.325. The first-order chi connectivity index (χ1) is 16.4. The number of carbonyl (C=O) groups excluding carboxylic acids is 2. The lowest BCUT2D eigenvalue weighted by Crippen LogP contribution is -2.28. The van der Waals surface area contributed by atoms with Crippen molar-refractivity contribution < 1.29 is 33.3 Å². The molecule has 0 fully saturated rings. The number of methoxy groups -OCH3 is 3. The maximum Gasteiger partial charge on any atom is 0.320 e. The second kappa shape index (κ2) is 11.4. The van der Waals surface area contributed by atoms with Crippen LogP contribution in [-0.4, -0.2) is 44.4 Å². The van der Waals surface area contributed by atoms with Crippen molar-refractivity contribution >= 4 is 22.8 Å². The topological polar surface area (TPSA) is 93.2 Å². The summed E-state index contributed by atoms with van der Waals surface area (Å²) in [4.78, 5) is 28.5. The van der Waals surface area contributed by atoms with Gasteiger partial charge in [-0.3, -0.25) is 14.6 Å². The molecular weight excluding hydrogens is 438 g/mol. The molecule has 1 aromatic heterocycles. The van der Waals surface area contributed by atoms with Crippen molar-refractivity contribution in [1.29, 1.82) is 0 Å². The number of pyridine rings is 1. The summed E-state index contributed by atoms with van der Waals surface area (Å²) in [6, 6.07) is 12.8. The van der Waals surface area contributed by atoms with Gasteiger partial charge in [0.2, 0.25) is 0 Å². The molecule has 1 heterocycles. The van der Waals surface area contributed by atoms with E-state index in [1.54, 1.807) is 31.5 Å². The molecule has 0 aliphatic carbocycles. The normalized spacial score (nSPS) is 10.9. The average Bonchev–Trinajstić information content (AvgIpc) is 2.85. The van der Waals surface area contributed by atoms with Crippen LogP contribution in [0.4, 0.5) is 0 Å². The number of nitrogens with zero attached hydrogens (tertiary/aromatic N) is 1. The molecule has 180 valence electrons. The third kappa shape index (κ3) is 5.95. The Labute approximate surface area is 198 Å². The fraction of sp³-hybridized carbons (Fsp3) is 0.346. The van der Waals surface area contributed by atoms with Gasteiger partial charge in [0.25, 0.3) is 0 Å². The molecule has 8 nitrogen and oxygen atoms in total. The van der Waals surface area contributed by atoms with Crippen molar-refractivity contribution in [2.24, 2.45) is 5.92 Å². The van der Waals surface area contributed by atoms with E-state index in [4.69, 9.17) is 23.7 Å². The largest absolute Gasteiger partial charge is 0.497 e. The minimum atomic E-state index is -1.05. The highest BCUT2D eigenvalue weighted by Crippen LogP contribution is 2.33. The van der Waals surface area contributed by atoms with Crippen LogP contribution in [0.1, 0.15) is 25.0 Å². The maximum absolute atomic E-state index is 12.0. The number of hydrogen-bond donors (Lipinski definition) is 0. The lowest BCUT2D eigenvalue weighted by molar-refractivity contribution is -0.158. The Balaban J connectivity index is 1.84. The molecule has 3 rings (SSSR count). The second-order valence-electron chi connectivity index (χ2n) is 7.90. The third-order valence-electron chi connectivity index (χ3n) is 5.16. The Bertz CT molecular complexity index is 1140. The first kappa shape index (κ1) is 24.8. The zero-order valence-electron chi connectivity index (χ0n) is 20.0. The Hall–Kier alpha value is -3.81. The standard InChI is InChI=1S/C26H29NO7/c1-16(2)34-24-18(14-27-23-10-9-19(30-3)13-21(23)24)15-33-20-8-6-7-17(11-20)12-22(25(28)31-4)26(29)32-5/h6-11,13-14,16,22H,12,15H2,1-5H3. The Morgan fingerprint density at radius 1 is 0.941 bits per heavy atom. The molecule has 3 aromatic rings. The SMILES string of the molecule is COC(=O)C(Cc1cccc(OCc2cnc3ccc(OC)cc3c2OC(C)C)c1)C(=O)OC. The fourth-order valence-electron chi connectivity index (χ4n) is 3.50. The zero-order valence-corrected chi connectivity index (χ0v) is 20.0.